The van der Waals surface area contributed by atoms with Gasteiger partial charge in [-0.3, -0.25) is 14.6 Å². The minimum atomic E-state index is -0.630. The van der Waals surface area contributed by atoms with Gasteiger partial charge >= 0.3 is 5.97 Å². The Morgan fingerprint density at radius 1 is 1.20 bits per heavy atom. The molecule has 0 fully saturated rings. The molecule has 0 saturated heterocycles. The molecular formula is C20H18ClN5O3S. The normalized spacial score (nSPS) is 11.9. The van der Waals surface area contributed by atoms with E-state index in [1.165, 1.54) is 28.4 Å². The predicted octanol–water partition coefficient (Wildman–Crippen LogP) is 3.38. The Balaban J connectivity index is 1.74. The van der Waals surface area contributed by atoms with Crippen molar-refractivity contribution < 1.29 is 9.53 Å². The fourth-order valence-corrected chi connectivity index (χ4v) is 4.05. The molecule has 1 aromatic carbocycles. The van der Waals surface area contributed by atoms with Crippen LogP contribution in [0.4, 0.5) is 0 Å². The molecule has 0 unspecified atom stereocenters. The number of ether oxygens (including phenoxy) is 1. The number of carbonyl (C=O) groups excluding carboxylic acids is 1. The smallest absolute Gasteiger partial charge is 0.312 e. The van der Waals surface area contributed by atoms with Crippen LogP contribution >= 0.6 is 22.9 Å². The van der Waals surface area contributed by atoms with Gasteiger partial charge in [-0.25, -0.2) is 14.6 Å². The van der Waals surface area contributed by atoms with Gasteiger partial charge in [-0.05, 0) is 39.0 Å². The summed E-state index contributed by atoms with van der Waals surface area (Å²) in [5.74, 6) is -0.457. The molecule has 3 heterocycles. The number of esters is 1. The molecule has 0 spiro atoms. The number of hydrogen-bond donors (Lipinski definition) is 0. The molecular weight excluding hydrogens is 426 g/mol. The second-order valence-electron chi connectivity index (χ2n) is 7.65. The summed E-state index contributed by atoms with van der Waals surface area (Å²) in [6.45, 7) is 5.51. The lowest BCUT2D eigenvalue weighted by atomic mass is 10.2. The van der Waals surface area contributed by atoms with E-state index in [2.05, 4.69) is 20.1 Å². The van der Waals surface area contributed by atoms with Crippen molar-refractivity contribution >= 4 is 50.2 Å². The average Bonchev–Trinajstić information content (AvgIpc) is 3.05. The van der Waals surface area contributed by atoms with Crippen molar-refractivity contribution in [3.05, 3.63) is 56.7 Å². The Kier molecular flexibility index (Phi) is 5.25. The van der Waals surface area contributed by atoms with E-state index >= 15 is 0 Å². The lowest BCUT2D eigenvalue weighted by Gasteiger charge is -2.19. The van der Waals surface area contributed by atoms with Gasteiger partial charge in [0.05, 0.1) is 23.2 Å². The number of nitrogens with zero attached hydrogens (tertiary/aromatic N) is 5. The zero-order valence-electron chi connectivity index (χ0n) is 16.5. The van der Waals surface area contributed by atoms with Crippen LogP contribution in [0.2, 0.25) is 5.02 Å². The maximum absolute atomic E-state index is 12.9. The van der Waals surface area contributed by atoms with Crippen LogP contribution in [0.5, 0.6) is 0 Å². The average molecular weight is 444 g/mol. The molecule has 0 N–H and O–H groups in total. The van der Waals surface area contributed by atoms with Crippen LogP contribution in [0.25, 0.3) is 21.3 Å². The van der Waals surface area contributed by atoms with E-state index in [-0.39, 0.29) is 18.5 Å². The van der Waals surface area contributed by atoms with Crippen LogP contribution in [0.3, 0.4) is 0 Å². The minimum Gasteiger partial charge on any atom is -0.460 e. The minimum absolute atomic E-state index is 0.123. The van der Waals surface area contributed by atoms with E-state index in [1.807, 2.05) is 6.07 Å². The zero-order chi connectivity index (χ0) is 21.5. The monoisotopic (exact) mass is 443 g/mol. The number of thiazole rings is 1. The molecule has 8 nitrogen and oxygen atoms in total. The molecule has 0 aliphatic carbocycles. The summed E-state index contributed by atoms with van der Waals surface area (Å²) in [6, 6.07) is 5.45. The summed E-state index contributed by atoms with van der Waals surface area (Å²) in [7, 11) is 0. The highest BCUT2D eigenvalue weighted by molar-refractivity contribution is 7.18. The second kappa shape index (κ2) is 7.73. The Morgan fingerprint density at radius 2 is 1.93 bits per heavy atom. The summed E-state index contributed by atoms with van der Waals surface area (Å²) < 4.78 is 7.61. The summed E-state index contributed by atoms with van der Waals surface area (Å²) >= 11 is 7.48. The van der Waals surface area contributed by atoms with Crippen LogP contribution in [0.15, 0.2) is 35.4 Å². The van der Waals surface area contributed by atoms with Gasteiger partial charge < -0.3 is 4.74 Å². The second-order valence-corrected chi connectivity index (χ2v) is 9.20. The van der Waals surface area contributed by atoms with Gasteiger partial charge in [0, 0.05) is 17.4 Å². The molecule has 0 amide bonds. The maximum atomic E-state index is 12.9. The highest BCUT2D eigenvalue weighted by atomic mass is 35.5. The first-order valence-corrected chi connectivity index (χ1v) is 10.4. The number of fused-ring (bicyclic) bond motifs is 2. The Hall–Kier alpha value is -2.91. The largest absolute Gasteiger partial charge is 0.460 e. The highest BCUT2D eigenvalue weighted by Gasteiger charge is 2.21. The van der Waals surface area contributed by atoms with E-state index in [0.29, 0.717) is 21.2 Å². The Morgan fingerprint density at radius 3 is 2.67 bits per heavy atom. The highest BCUT2D eigenvalue weighted by Crippen LogP contribution is 2.25. The van der Waals surface area contributed by atoms with Crippen molar-refractivity contribution in [2.75, 3.05) is 0 Å². The van der Waals surface area contributed by atoms with Gasteiger partial charge in [-0.1, -0.05) is 11.6 Å². The quantitative estimate of drug-likeness (QED) is 0.445. The third-order valence-electron chi connectivity index (χ3n) is 4.06. The molecule has 30 heavy (non-hydrogen) atoms. The van der Waals surface area contributed by atoms with Crippen molar-refractivity contribution in [3.8, 4) is 0 Å². The number of carbonyl (C=O) groups is 1. The number of rotatable bonds is 4. The fourth-order valence-electron chi connectivity index (χ4n) is 2.95. The fraction of sp³-hybridized carbons (Fsp3) is 0.300. The number of halogens is 1. The standard InChI is InChI=1S/C20H18ClN5O3S/c1-20(2,3)29-16(27)9-13-17-18(23-7-6-22-17)19(28)26(25-13)10-15-24-12-8-11(21)4-5-14(12)30-15/h4-8H,9-10H2,1-3H3. The molecule has 0 saturated carbocycles. The Bertz CT molecular complexity index is 1330. The molecule has 0 aliphatic heterocycles. The van der Waals surface area contributed by atoms with Crippen molar-refractivity contribution in [3.63, 3.8) is 0 Å². The van der Waals surface area contributed by atoms with Crippen molar-refractivity contribution in [1.29, 1.82) is 0 Å². The molecule has 4 rings (SSSR count). The third kappa shape index (κ3) is 4.31. The van der Waals surface area contributed by atoms with E-state index in [0.717, 1.165) is 10.2 Å². The third-order valence-corrected chi connectivity index (χ3v) is 5.32. The van der Waals surface area contributed by atoms with Gasteiger partial charge in [0.2, 0.25) is 0 Å². The first-order chi connectivity index (χ1) is 14.2. The van der Waals surface area contributed by atoms with Crippen LogP contribution in [-0.2, 0) is 22.5 Å². The number of hydrogen-bond acceptors (Lipinski definition) is 8. The van der Waals surface area contributed by atoms with Crippen LogP contribution in [0.1, 0.15) is 31.5 Å². The molecule has 0 bridgehead atoms. The van der Waals surface area contributed by atoms with Crippen LogP contribution in [-0.4, -0.2) is 36.3 Å². The van der Waals surface area contributed by atoms with Crippen molar-refractivity contribution in [2.45, 2.75) is 39.3 Å². The summed E-state index contributed by atoms with van der Waals surface area (Å²) in [4.78, 5) is 38.2. The molecule has 3 aromatic heterocycles. The SMILES string of the molecule is CC(C)(C)OC(=O)Cc1nn(Cc2nc3cc(Cl)ccc3s2)c(=O)c2nccnc12. The zero-order valence-corrected chi connectivity index (χ0v) is 18.1. The van der Waals surface area contributed by atoms with Crippen molar-refractivity contribution in [1.82, 2.24) is 24.7 Å². The lowest BCUT2D eigenvalue weighted by molar-refractivity contribution is -0.153. The first-order valence-electron chi connectivity index (χ1n) is 9.17. The topological polar surface area (TPSA) is 99.9 Å². The molecule has 10 heteroatoms. The lowest BCUT2D eigenvalue weighted by Crippen LogP contribution is -2.29. The molecule has 154 valence electrons. The first kappa shape index (κ1) is 20.4. The summed E-state index contributed by atoms with van der Waals surface area (Å²) in [5.41, 5.74) is 0.496. The van der Waals surface area contributed by atoms with Gasteiger partial charge in [0.1, 0.15) is 21.8 Å². The van der Waals surface area contributed by atoms with Gasteiger partial charge in [0.25, 0.3) is 5.56 Å². The van der Waals surface area contributed by atoms with Gasteiger partial charge in [-0.15, -0.1) is 11.3 Å². The van der Waals surface area contributed by atoms with E-state index in [4.69, 9.17) is 16.3 Å². The number of benzene rings is 1. The van der Waals surface area contributed by atoms with Gasteiger partial charge in [0.15, 0.2) is 5.52 Å². The van der Waals surface area contributed by atoms with E-state index < -0.39 is 17.1 Å². The van der Waals surface area contributed by atoms with Crippen molar-refractivity contribution in [2.24, 2.45) is 0 Å². The van der Waals surface area contributed by atoms with Gasteiger partial charge in [-0.2, -0.15) is 5.10 Å². The molecule has 0 aliphatic rings. The van der Waals surface area contributed by atoms with E-state index in [1.54, 1.807) is 32.9 Å². The number of aromatic nitrogens is 5. The summed E-state index contributed by atoms with van der Waals surface area (Å²) in [6.07, 6.45) is 2.77. The van der Waals surface area contributed by atoms with E-state index in [9.17, 15) is 9.59 Å². The summed E-state index contributed by atoms with van der Waals surface area (Å²) in [5, 5.41) is 5.68. The molecule has 0 atom stereocenters. The van der Waals surface area contributed by atoms with Crippen LogP contribution in [0, 0.1) is 0 Å². The Labute approximate surface area is 180 Å². The molecule has 0 radical (unpaired) electrons. The van der Waals surface area contributed by atoms with Crippen LogP contribution < -0.4 is 5.56 Å². The molecule has 4 aromatic rings. The maximum Gasteiger partial charge on any atom is 0.312 e. The predicted molar refractivity (Wildman–Crippen MR) is 115 cm³/mol.